The zero-order chi connectivity index (χ0) is 9.42. The molecule has 0 aliphatic carbocycles. The van der Waals surface area contributed by atoms with Crippen LogP contribution in [0, 0.1) is 0 Å². The number of rotatable bonds is 1. The summed E-state index contributed by atoms with van der Waals surface area (Å²) >= 11 is 10.6. The van der Waals surface area contributed by atoms with Gasteiger partial charge in [0.1, 0.15) is 16.3 Å². The molecule has 0 saturated carbocycles. The van der Waals surface area contributed by atoms with Crippen LogP contribution in [0.2, 0.25) is 5.02 Å². The van der Waals surface area contributed by atoms with Gasteiger partial charge in [-0.3, -0.25) is 0 Å². The average molecular weight is 212 g/mol. The van der Waals surface area contributed by atoms with Crippen LogP contribution in [0.1, 0.15) is 5.69 Å². The summed E-state index contributed by atoms with van der Waals surface area (Å²) in [6.45, 7) is 0. The highest BCUT2D eigenvalue weighted by atomic mass is 35.5. The summed E-state index contributed by atoms with van der Waals surface area (Å²) < 4.78 is 1.79. The smallest absolute Gasteiger partial charge is 0.137 e. The molecule has 2 N–H and O–H groups in total. The SMILES string of the molecule is NC(=S)c1cn2cc(Cl)ccc2n1. The van der Waals surface area contributed by atoms with E-state index in [1.54, 1.807) is 22.9 Å². The zero-order valence-corrected chi connectivity index (χ0v) is 8.14. The van der Waals surface area contributed by atoms with Crippen molar-refractivity contribution in [1.82, 2.24) is 9.38 Å². The van der Waals surface area contributed by atoms with E-state index in [0.717, 1.165) is 5.65 Å². The molecular weight excluding hydrogens is 206 g/mol. The van der Waals surface area contributed by atoms with Crippen molar-refractivity contribution in [3.8, 4) is 0 Å². The fraction of sp³-hybridized carbons (Fsp3) is 0. The van der Waals surface area contributed by atoms with Crippen molar-refractivity contribution in [3.63, 3.8) is 0 Å². The molecule has 0 unspecified atom stereocenters. The van der Waals surface area contributed by atoms with Gasteiger partial charge in [-0.1, -0.05) is 23.8 Å². The third-order valence-electron chi connectivity index (χ3n) is 1.67. The molecule has 0 radical (unpaired) electrons. The highest BCUT2D eigenvalue weighted by Gasteiger charge is 2.03. The molecular formula is C8H6ClN3S. The Kier molecular flexibility index (Phi) is 1.94. The molecule has 0 amide bonds. The Morgan fingerprint density at radius 3 is 2.92 bits per heavy atom. The maximum Gasteiger partial charge on any atom is 0.137 e. The van der Waals surface area contributed by atoms with Gasteiger partial charge in [0.2, 0.25) is 0 Å². The van der Waals surface area contributed by atoms with E-state index in [0.29, 0.717) is 15.7 Å². The predicted molar refractivity (Wildman–Crippen MR) is 56.1 cm³/mol. The molecule has 0 aliphatic heterocycles. The molecule has 13 heavy (non-hydrogen) atoms. The highest BCUT2D eigenvalue weighted by molar-refractivity contribution is 7.80. The lowest BCUT2D eigenvalue weighted by atomic mass is 10.5. The summed E-state index contributed by atoms with van der Waals surface area (Å²) in [7, 11) is 0. The summed E-state index contributed by atoms with van der Waals surface area (Å²) in [5.41, 5.74) is 6.83. The Labute approximate surface area is 85.1 Å². The lowest BCUT2D eigenvalue weighted by molar-refractivity contribution is 1.19. The number of hydrogen-bond acceptors (Lipinski definition) is 2. The van der Waals surface area contributed by atoms with Gasteiger partial charge < -0.3 is 10.1 Å². The number of imidazole rings is 1. The fourth-order valence-corrected chi connectivity index (χ4v) is 1.35. The second-order valence-corrected chi connectivity index (χ2v) is 3.48. The van der Waals surface area contributed by atoms with Gasteiger partial charge in [0.05, 0.1) is 5.02 Å². The summed E-state index contributed by atoms with van der Waals surface area (Å²) in [5.74, 6) is 0. The molecule has 0 aliphatic rings. The van der Waals surface area contributed by atoms with E-state index in [1.165, 1.54) is 0 Å². The van der Waals surface area contributed by atoms with Crippen LogP contribution < -0.4 is 5.73 Å². The largest absolute Gasteiger partial charge is 0.388 e. The number of thiocarbonyl (C=S) groups is 1. The quantitative estimate of drug-likeness (QED) is 0.730. The van der Waals surface area contributed by atoms with Crippen molar-refractivity contribution < 1.29 is 0 Å². The summed E-state index contributed by atoms with van der Waals surface area (Å²) in [4.78, 5) is 4.48. The highest BCUT2D eigenvalue weighted by Crippen LogP contribution is 2.11. The lowest BCUT2D eigenvalue weighted by Crippen LogP contribution is -2.09. The molecule has 0 saturated heterocycles. The number of pyridine rings is 1. The first-order chi connectivity index (χ1) is 6.16. The Bertz CT molecular complexity index is 477. The van der Waals surface area contributed by atoms with Gasteiger partial charge in [0, 0.05) is 12.4 Å². The molecule has 0 aromatic carbocycles. The molecule has 5 heteroatoms. The molecule has 2 heterocycles. The van der Waals surface area contributed by atoms with Gasteiger partial charge in [0.25, 0.3) is 0 Å². The lowest BCUT2D eigenvalue weighted by Gasteiger charge is -1.91. The molecule has 0 atom stereocenters. The molecule has 3 nitrogen and oxygen atoms in total. The van der Waals surface area contributed by atoms with Gasteiger partial charge in [0.15, 0.2) is 0 Å². The van der Waals surface area contributed by atoms with Crippen molar-refractivity contribution in [1.29, 1.82) is 0 Å². The molecule has 0 fully saturated rings. The second-order valence-electron chi connectivity index (χ2n) is 2.60. The number of nitrogens with zero attached hydrogens (tertiary/aromatic N) is 2. The van der Waals surface area contributed by atoms with E-state index in [4.69, 9.17) is 29.6 Å². The minimum absolute atomic E-state index is 0.292. The van der Waals surface area contributed by atoms with Crippen molar-refractivity contribution in [2.24, 2.45) is 5.73 Å². The Morgan fingerprint density at radius 1 is 1.46 bits per heavy atom. The number of halogens is 1. The summed E-state index contributed by atoms with van der Waals surface area (Å²) in [6.07, 6.45) is 3.51. The van der Waals surface area contributed by atoms with Gasteiger partial charge in [-0.05, 0) is 12.1 Å². The Balaban J connectivity index is 2.68. The van der Waals surface area contributed by atoms with E-state index in [2.05, 4.69) is 4.98 Å². The molecule has 2 aromatic heterocycles. The van der Waals surface area contributed by atoms with Crippen LogP contribution >= 0.6 is 23.8 Å². The minimum Gasteiger partial charge on any atom is -0.388 e. The van der Waals surface area contributed by atoms with Crippen LogP contribution in [0.4, 0.5) is 0 Å². The molecule has 2 aromatic rings. The number of nitrogens with two attached hydrogens (primary N) is 1. The van der Waals surface area contributed by atoms with Crippen LogP contribution in [0.3, 0.4) is 0 Å². The van der Waals surface area contributed by atoms with Gasteiger partial charge in [-0.2, -0.15) is 0 Å². The zero-order valence-electron chi connectivity index (χ0n) is 6.57. The topological polar surface area (TPSA) is 43.3 Å². The predicted octanol–water partition coefficient (Wildman–Crippen LogP) is 1.62. The Morgan fingerprint density at radius 2 is 2.23 bits per heavy atom. The van der Waals surface area contributed by atoms with Crippen molar-refractivity contribution in [2.45, 2.75) is 0 Å². The summed E-state index contributed by atoms with van der Waals surface area (Å²) in [6, 6.07) is 3.58. The van der Waals surface area contributed by atoms with Crippen molar-refractivity contribution >= 4 is 34.5 Å². The first-order valence-electron chi connectivity index (χ1n) is 3.61. The normalized spacial score (nSPS) is 10.5. The van der Waals surface area contributed by atoms with Gasteiger partial charge >= 0.3 is 0 Å². The molecule has 2 rings (SSSR count). The van der Waals surface area contributed by atoms with Gasteiger partial charge in [-0.15, -0.1) is 0 Å². The third-order valence-corrected chi connectivity index (χ3v) is 2.10. The number of fused-ring (bicyclic) bond motifs is 1. The van der Waals surface area contributed by atoms with Crippen LogP contribution in [0.15, 0.2) is 24.5 Å². The molecule has 0 spiro atoms. The average Bonchev–Trinajstić information content (AvgIpc) is 2.46. The standard InChI is InChI=1S/C8H6ClN3S/c9-5-1-2-7-11-6(8(10)13)4-12(7)3-5/h1-4H,(H2,10,13). The summed E-state index contributed by atoms with van der Waals surface area (Å²) in [5, 5.41) is 0.652. The Hall–Kier alpha value is -1.13. The van der Waals surface area contributed by atoms with E-state index < -0.39 is 0 Å². The first-order valence-corrected chi connectivity index (χ1v) is 4.39. The van der Waals surface area contributed by atoms with Crippen molar-refractivity contribution in [3.05, 3.63) is 35.2 Å². The van der Waals surface area contributed by atoms with E-state index in [1.807, 2.05) is 6.07 Å². The minimum atomic E-state index is 0.292. The third kappa shape index (κ3) is 1.50. The number of hydrogen-bond donors (Lipinski definition) is 1. The number of aromatic nitrogens is 2. The molecule has 66 valence electrons. The van der Waals surface area contributed by atoms with E-state index >= 15 is 0 Å². The van der Waals surface area contributed by atoms with Crippen molar-refractivity contribution in [2.75, 3.05) is 0 Å². The molecule has 0 bridgehead atoms. The monoisotopic (exact) mass is 211 g/mol. The first kappa shape index (κ1) is 8.47. The van der Waals surface area contributed by atoms with Crippen LogP contribution in [-0.2, 0) is 0 Å². The second kappa shape index (κ2) is 2.97. The maximum atomic E-state index is 5.79. The van der Waals surface area contributed by atoms with Gasteiger partial charge in [-0.25, -0.2) is 4.98 Å². The maximum absolute atomic E-state index is 5.79. The van der Waals surface area contributed by atoms with Crippen LogP contribution in [0.25, 0.3) is 5.65 Å². The fourth-order valence-electron chi connectivity index (χ4n) is 1.08. The van der Waals surface area contributed by atoms with E-state index in [-0.39, 0.29) is 0 Å². The van der Waals surface area contributed by atoms with Crippen LogP contribution in [0.5, 0.6) is 0 Å². The van der Waals surface area contributed by atoms with Crippen LogP contribution in [-0.4, -0.2) is 14.4 Å². The van der Waals surface area contributed by atoms with E-state index in [9.17, 15) is 0 Å².